The van der Waals surface area contributed by atoms with Gasteiger partial charge in [-0.2, -0.15) is 0 Å². The first-order valence-electron chi connectivity index (χ1n) is 3.71. The van der Waals surface area contributed by atoms with Crippen LogP contribution in [0, 0.1) is 0 Å². The van der Waals surface area contributed by atoms with Crippen molar-refractivity contribution in [3.8, 4) is 0 Å². The highest BCUT2D eigenvalue weighted by Crippen LogP contribution is 2.19. The van der Waals surface area contributed by atoms with E-state index in [0.29, 0.717) is 0 Å². The monoisotopic (exact) mass is 215 g/mol. The SMILES string of the molecule is CN(c1ccccc1C(=O)O)S(=O)O. The molecule has 1 aromatic rings. The van der Waals surface area contributed by atoms with E-state index < -0.39 is 17.2 Å². The highest BCUT2D eigenvalue weighted by Gasteiger charge is 2.15. The zero-order valence-corrected chi connectivity index (χ0v) is 8.19. The summed E-state index contributed by atoms with van der Waals surface area (Å²) in [6, 6.07) is 6.00. The molecule has 0 aliphatic rings. The molecule has 0 bridgehead atoms. The Morgan fingerprint density at radius 1 is 1.43 bits per heavy atom. The lowest BCUT2D eigenvalue weighted by atomic mass is 10.2. The van der Waals surface area contributed by atoms with Crippen LogP contribution in [0.15, 0.2) is 24.3 Å². The molecule has 0 spiro atoms. The number of anilines is 1. The number of rotatable bonds is 3. The van der Waals surface area contributed by atoms with Crippen LogP contribution in [0.25, 0.3) is 0 Å². The quantitative estimate of drug-likeness (QED) is 0.736. The first-order valence-corrected chi connectivity index (χ1v) is 4.77. The summed E-state index contributed by atoms with van der Waals surface area (Å²) in [4.78, 5) is 10.7. The molecule has 6 heteroatoms. The summed E-state index contributed by atoms with van der Waals surface area (Å²) in [6.45, 7) is 0. The molecule has 76 valence electrons. The predicted molar refractivity (Wildman–Crippen MR) is 52.6 cm³/mol. The molecule has 0 heterocycles. The molecule has 1 rings (SSSR count). The molecule has 1 atom stereocenters. The van der Waals surface area contributed by atoms with Crippen LogP contribution in [0.2, 0.25) is 0 Å². The van der Waals surface area contributed by atoms with E-state index in [2.05, 4.69) is 0 Å². The molecule has 0 fully saturated rings. The van der Waals surface area contributed by atoms with Gasteiger partial charge in [-0.3, -0.25) is 8.86 Å². The zero-order valence-electron chi connectivity index (χ0n) is 7.38. The van der Waals surface area contributed by atoms with Crippen LogP contribution in [0.1, 0.15) is 10.4 Å². The number of para-hydroxylation sites is 1. The minimum atomic E-state index is -2.22. The number of nitrogens with zero attached hydrogens (tertiary/aromatic N) is 1. The fraction of sp³-hybridized carbons (Fsp3) is 0.125. The maximum atomic E-state index is 10.7. The van der Waals surface area contributed by atoms with Crippen molar-refractivity contribution in [1.29, 1.82) is 0 Å². The topological polar surface area (TPSA) is 77.8 Å². The number of benzene rings is 1. The molecule has 0 aromatic heterocycles. The van der Waals surface area contributed by atoms with Crippen molar-refractivity contribution in [2.45, 2.75) is 0 Å². The Morgan fingerprint density at radius 3 is 2.50 bits per heavy atom. The molecule has 5 nitrogen and oxygen atoms in total. The second-order valence-corrected chi connectivity index (χ2v) is 3.56. The van der Waals surface area contributed by atoms with Gasteiger partial charge in [0.2, 0.25) is 0 Å². The Kier molecular flexibility index (Phi) is 3.21. The Bertz CT molecular complexity index is 379. The standard InChI is InChI=1S/C8H9NO4S/c1-9(14(12)13)7-5-3-2-4-6(7)8(10)11/h2-5H,1H3,(H,10,11)(H,12,13). The van der Waals surface area contributed by atoms with Gasteiger partial charge in [0.05, 0.1) is 11.3 Å². The molecule has 0 radical (unpaired) electrons. The number of carboxylic acids is 1. The summed E-state index contributed by atoms with van der Waals surface area (Å²) >= 11 is -2.22. The van der Waals surface area contributed by atoms with E-state index in [1.54, 1.807) is 12.1 Å². The number of carbonyl (C=O) groups is 1. The third-order valence-electron chi connectivity index (χ3n) is 1.71. The van der Waals surface area contributed by atoms with Crippen molar-refractivity contribution in [3.05, 3.63) is 29.8 Å². The van der Waals surface area contributed by atoms with Crippen molar-refractivity contribution >= 4 is 22.9 Å². The van der Waals surface area contributed by atoms with Gasteiger partial charge < -0.3 is 5.11 Å². The molecular weight excluding hydrogens is 206 g/mol. The largest absolute Gasteiger partial charge is 0.478 e. The number of carboxylic acid groups (broad SMARTS) is 1. The van der Waals surface area contributed by atoms with E-state index >= 15 is 0 Å². The number of hydrogen-bond donors (Lipinski definition) is 2. The molecule has 1 aromatic carbocycles. The smallest absolute Gasteiger partial charge is 0.337 e. The maximum absolute atomic E-state index is 10.7. The lowest BCUT2D eigenvalue weighted by Crippen LogP contribution is -2.21. The zero-order chi connectivity index (χ0) is 10.7. The fourth-order valence-corrected chi connectivity index (χ4v) is 1.34. The van der Waals surface area contributed by atoms with Gasteiger partial charge in [-0.1, -0.05) is 12.1 Å². The lowest BCUT2D eigenvalue weighted by Gasteiger charge is -2.15. The van der Waals surface area contributed by atoms with Crippen molar-refractivity contribution in [3.63, 3.8) is 0 Å². The molecule has 0 aliphatic carbocycles. The third-order valence-corrected chi connectivity index (χ3v) is 2.37. The highest BCUT2D eigenvalue weighted by molar-refractivity contribution is 7.80. The molecule has 0 saturated carbocycles. The summed E-state index contributed by atoms with van der Waals surface area (Å²) in [5.41, 5.74) is 0.207. The molecular formula is C8H9NO4S. The van der Waals surface area contributed by atoms with Crippen LogP contribution in [0.3, 0.4) is 0 Å². The number of hydrogen-bond acceptors (Lipinski definition) is 2. The minimum Gasteiger partial charge on any atom is -0.478 e. The molecule has 1 unspecified atom stereocenters. The van der Waals surface area contributed by atoms with Crippen LogP contribution in [0.4, 0.5) is 5.69 Å². The van der Waals surface area contributed by atoms with Crippen LogP contribution in [-0.2, 0) is 11.3 Å². The van der Waals surface area contributed by atoms with E-state index in [-0.39, 0.29) is 11.3 Å². The van der Waals surface area contributed by atoms with Gasteiger partial charge in [0.15, 0.2) is 0 Å². The van der Waals surface area contributed by atoms with Crippen LogP contribution in [-0.4, -0.2) is 26.9 Å². The van der Waals surface area contributed by atoms with Gasteiger partial charge in [0.1, 0.15) is 0 Å². The normalized spacial score (nSPS) is 12.1. The highest BCUT2D eigenvalue weighted by atomic mass is 32.2. The molecule has 0 saturated heterocycles. The second kappa shape index (κ2) is 4.21. The molecule has 0 aliphatic heterocycles. The predicted octanol–water partition coefficient (Wildman–Crippen LogP) is 0.958. The van der Waals surface area contributed by atoms with Crippen molar-refractivity contribution < 1.29 is 18.7 Å². The minimum absolute atomic E-state index is 0.00241. The molecule has 0 amide bonds. The Labute approximate surface area is 83.4 Å². The van der Waals surface area contributed by atoms with Gasteiger partial charge >= 0.3 is 5.97 Å². The van der Waals surface area contributed by atoms with Crippen molar-refractivity contribution in [2.24, 2.45) is 0 Å². The van der Waals surface area contributed by atoms with Crippen LogP contribution >= 0.6 is 0 Å². The fourth-order valence-electron chi connectivity index (χ4n) is 1.01. The van der Waals surface area contributed by atoms with Crippen molar-refractivity contribution in [2.75, 3.05) is 11.4 Å². The van der Waals surface area contributed by atoms with Crippen LogP contribution < -0.4 is 4.31 Å². The summed E-state index contributed by atoms with van der Waals surface area (Å²) < 4.78 is 20.5. The van der Waals surface area contributed by atoms with Gasteiger partial charge in [-0.15, -0.1) is 0 Å². The average Bonchev–Trinajstić information content (AvgIpc) is 2.16. The van der Waals surface area contributed by atoms with E-state index in [4.69, 9.17) is 9.66 Å². The maximum Gasteiger partial charge on any atom is 0.337 e. The van der Waals surface area contributed by atoms with E-state index in [0.717, 1.165) is 4.31 Å². The first-order chi connectivity index (χ1) is 6.54. The van der Waals surface area contributed by atoms with Gasteiger partial charge in [0, 0.05) is 7.05 Å². The Balaban J connectivity index is 3.19. The first kappa shape index (κ1) is 10.7. The summed E-state index contributed by atoms with van der Waals surface area (Å²) in [5, 5.41) is 8.79. The van der Waals surface area contributed by atoms with Crippen molar-refractivity contribution in [1.82, 2.24) is 0 Å². The Morgan fingerprint density at radius 2 is 2.00 bits per heavy atom. The van der Waals surface area contributed by atoms with E-state index in [1.807, 2.05) is 0 Å². The third kappa shape index (κ3) is 2.09. The summed E-state index contributed by atoms with van der Waals surface area (Å²) in [7, 11) is 1.35. The van der Waals surface area contributed by atoms with Gasteiger partial charge in [-0.25, -0.2) is 9.00 Å². The van der Waals surface area contributed by atoms with Gasteiger partial charge in [-0.05, 0) is 12.1 Å². The molecule has 2 N–H and O–H groups in total. The summed E-state index contributed by atoms with van der Waals surface area (Å²) in [5.74, 6) is -1.13. The summed E-state index contributed by atoms with van der Waals surface area (Å²) in [6.07, 6.45) is 0. The number of aromatic carboxylic acids is 1. The Hall–Kier alpha value is -1.40. The lowest BCUT2D eigenvalue weighted by molar-refractivity contribution is 0.0698. The van der Waals surface area contributed by atoms with Gasteiger partial charge in [0.25, 0.3) is 11.3 Å². The molecule has 14 heavy (non-hydrogen) atoms. The average molecular weight is 215 g/mol. The second-order valence-electron chi connectivity index (χ2n) is 2.55. The van der Waals surface area contributed by atoms with E-state index in [1.165, 1.54) is 19.2 Å². The van der Waals surface area contributed by atoms with Crippen LogP contribution in [0.5, 0.6) is 0 Å². The van der Waals surface area contributed by atoms with E-state index in [9.17, 15) is 9.00 Å².